The number of aryl methyl sites for hydroxylation is 1. The SMILES string of the molecule is CN(C[C@@H]1CN(C(=O)c2ccc[nH]c2=O)CCO1)c1nccn(C)c1=O. The van der Waals surface area contributed by atoms with Crippen molar-refractivity contribution in [2.75, 3.05) is 38.2 Å². The predicted molar refractivity (Wildman–Crippen MR) is 95.5 cm³/mol. The summed E-state index contributed by atoms with van der Waals surface area (Å²) in [6.07, 6.45) is 4.36. The quantitative estimate of drug-likeness (QED) is 0.786. The van der Waals surface area contributed by atoms with Crippen molar-refractivity contribution in [3.8, 4) is 0 Å². The van der Waals surface area contributed by atoms with Gasteiger partial charge in [0.05, 0.1) is 12.7 Å². The van der Waals surface area contributed by atoms with Crippen molar-refractivity contribution in [1.29, 1.82) is 0 Å². The summed E-state index contributed by atoms with van der Waals surface area (Å²) in [5, 5.41) is 0. The first kappa shape index (κ1) is 17.9. The molecule has 0 bridgehead atoms. The lowest BCUT2D eigenvalue weighted by molar-refractivity contribution is -0.0172. The van der Waals surface area contributed by atoms with Gasteiger partial charge in [0.25, 0.3) is 17.0 Å². The van der Waals surface area contributed by atoms with Crippen molar-refractivity contribution in [3.63, 3.8) is 0 Å². The maximum Gasteiger partial charge on any atom is 0.293 e. The number of aromatic amines is 1. The highest BCUT2D eigenvalue weighted by molar-refractivity contribution is 5.93. The lowest BCUT2D eigenvalue weighted by atomic mass is 10.2. The first-order chi connectivity index (χ1) is 12.5. The van der Waals surface area contributed by atoms with Crippen molar-refractivity contribution in [2.45, 2.75) is 6.10 Å². The van der Waals surface area contributed by atoms with Gasteiger partial charge < -0.3 is 24.1 Å². The normalized spacial score (nSPS) is 17.2. The molecule has 2 aromatic heterocycles. The van der Waals surface area contributed by atoms with Gasteiger partial charge >= 0.3 is 0 Å². The fourth-order valence-corrected chi connectivity index (χ4v) is 2.91. The van der Waals surface area contributed by atoms with E-state index in [1.54, 1.807) is 42.4 Å². The van der Waals surface area contributed by atoms with Crippen molar-refractivity contribution in [3.05, 3.63) is 57.0 Å². The highest BCUT2D eigenvalue weighted by Gasteiger charge is 2.27. The first-order valence-electron chi connectivity index (χ1n) is 8.28. The van der Waals surface area contributed by atoms with Crippen LogP contribution in [0.3, 0.4) is 0 Å². The van der Waals surface area contributed by atoms with E-state index < -0.39 is 5.56 Å². The van der Waals surface area contributed by atoms with E-state index in [0.717, 1.165) is 0 Å². The van der Waals surface area contributed by atoms with Gasteiger partial charge in [0.15, 0.2) is 5.82 Å². The number of H-pyrrole nitrogens is 1. The van der Waals surface area contributed by atoms with Crippen LogP contribution in [0.25, 0.3) is 0 Å². The van der Waals surface area contributed by atoms with E-state index in [4.69, 9.17) is 4.74 Å². The average Bonchev–Trinajstić information content (AvgIpc) is 2.64. The minimum absolute atomic E-state index is 0.111. The number of likely N-dealkylation sites (N-methyl/N-ethyl adjacent to an activating group) is 1. The standard InChI is InChI=1S/C17H21N5O4/c1-20-7-6-18-14(17(20)25)21(2)10-12-11-22(8-9-26-12)16(24)13-4-3-5-19-15(13)23/h3-7,12H,8-11H2,1-2H3,(H,19,23)/t12-/m1/s1. The number of pyridine rings is 1. The zero-order valence-corrected chi connectivity index (χ0v) is 14.7. The highest BCUT2D eigenvalue weighted by atomic mass is 16.5. The number of carbonyl (C=O) groups excluding carboxylic acids is 1. The summed E-state index contributed by atoms with van der Waals surface area (Å²) in [5.74, 6) is -0.00175. The molecule has 0 unspecified atom stereocenters. The fraction of sp³-hybridized carbons (Fsp3) is 0.412. The van der Waals surface area contributed by atoms with Crippen LogP contribution in [0.4, 0.5) is 5.82 Å². The lowest BCUT2D eigenvalue weighted by Gasteiger charge is -2.34. The van der Waals surface area contributed by atoms with E-state index in [0.29, 0.717) is 32.1 Å². The zero-order chi connectivity index (χ0) is 18.7. The largest absolute Gasteiger partial charge is 0.373 e. The molecule has 1 aliphatic rings. The third-order valence-corrected chi connectivity index (χ3v) is 4.31. The van der Waals surface area contributed by atoms with Crippen LogP contribution < -0.4 is 16.0 Å². The van der Waals surface area contributed by atoms with E-state index in [2.05, 4.69) is 9.97 Å². The lowest BCUT2D eigenvalue weighted by Crippen LogP contribution is -2.50. The zero-order valence-electron chi connectivity index (χ0n) is 14.7. The van der Waals surface area contributed by atoms with Crippen LogP contribution in [-0.2, 0) is 11.8 Å². The Bertz CT molecular complexity index is 906. The molecule has 1 fully saturated rings. The number of anilines is 1. The van der Waals surface area contributed by atoms with Gasteiger partial charge in [0.2, 0.25) is 0 Å². The highest BCUT2D eigenvalue weighted by Crippen LogP contribution is 2.11. The summed E-state index contributed by atoms with van der Waals surface area (Å²) in [7, 11) is 3.42. The molecule has 1 aliphatic heterocycles. The minimum Gasteiger partial charge on any atom is -0.373 e. The van der Waals surface area contributed by atoms with E-state index in [1.165, 1.54) is 16.8 Å². The molecule has 0 aliphatic carbocycles. The molecular weight excluding hydrogens is 338 g/mol. The number of carbonyl (C=O) groups is 1. The number of nitrogens with one attached hydrogen (secondary N) is 1. The van der Waals surface area contributed by atoms with Crippen LogP contribution in [0.1, 0.15) is 10.4 Å². The smallest absolute Gasteiger partial charge is 0.293 e. The second kappa shape index (κ2) is 7.52. The third-order valence-electron chi connectivity index (χ3n) is 4.31. The molecule has 138 valence electrons. The fourth-order valence-electron chi connectivity index (χ4n) is 2.91. The number of amides is 1. The molecule has 3 rings (SSSR count). The molecule has 26 heavy (non-hydrogen) atoms. The van der Waals surface area contributed by atoms with Crippen LogP contribution in [0.15, 0.2) is 40.3 Å². The van der Waals surface area contributed by atoms with Gasteiger partial charge in [-0.15, -0.1) is 0 Å². The maximum atomic E-state index is 12.6. The van der Waals surface area contributed by atoms with E-state index in [-0.39, 0.29) is 23.1 Å². The summed E-state index contributed by atoms with van der Waals surface area (Å²) < 4.78 is 7.19. The van der Waals surface area contributed by atoms with Gasteiger partial charge in [0.1, 0.15) is 5.56 Å². The summed E-state index contributed by atoms with van der Waals surface area (Å²) >= 11 is 0. The molecular formula is C17H21N5O4. The van der Waals surface area contributed by atoms with Crippen LogP contribution in [0.2, 0.25) is 0 Å². The van der Waals surface area contributed by atoms with Gasteiger partial charge in [-0.2, -0.15) is 0 Å². The molecule has 9 heteroatoms. The predicted octanol–water partition coefficient (Wildman–Crippen LogP) is -0.554. The Hall–Kier alpha value is -2.94. The topological polar surface area (TPSA) is 101 Å². The Morgan fingerprint density at radius 3 is 3.04 bits per heavy atom. The summed E-state index contributed by atoms with van der Waals surface area (Å²) in [4.78, 5) is 46.5. The molecule has 1 N–H and O–H groups in total. The Labute approximate surface area is 149 Å². The first-order valence-corrected chi connectivity index (χ1v) is 8.28. The number of aromatic nitrogens is 3. The van der Waals surface area contributed by atoms with Crippen LogP contribution in [0.5, 0.6) is 0 Å². The molecule has 0 saturated carbocycles. The van der Waals surface area contributed by atoms with E-state index in [9.17, 15) is 14.4 Å². The van der Waals surface area contributed by atoms with Crippen molar-refractivity contribution < 1.29 is 9.53 Å². The van der Waals surface area contributed by atoms with Gasteiger partial charge in [-0.25, -0.2) is 4.98 Å². The number of rotatable bonds is 4. The van der Waals surface area contributed by atoms with Crippen LogP contribution >= 0.6 is 0 Å². The third kappa shape index (κ3) is 3.67. The molecule has 3 heterocycles. The molecule has 9 nitrogen and oxygen atoms in total. The monoisotopic (exact) mass is 359 g/mol. The Morgan fingerprint density at radius 1 is 1.46 bits per heavy atom. The summed E-state index contributed by atoms with van der Waals surface area (Å²) in [6, 6.07) is 3.13. The number of nitrogens with zero attached hydrogens (tertiary/aromatic N) is 4. The second-order valence-electron chi connectivity index (χ2n) is 6.20. The van der Waals surface area contributed by atoms with Gasteiger partial charge in [-0.1, -0.05) is 0 Å². The summed E-state index contributed by atoms with van der Waals surface area (Å²) in [6.45, 7) is 1.53. The van der Waals surface area contributed by atoms with E-state index in [1.807, 2.05) is 0 Å². The molecule has 1 saturated heterocycles. The Morgan fingerprint density at radius 2 is 2.27 bits per heavy atom. The van der Waals surface area contributed by atoms with Gasteiger partial charge in [-0.05, 0) is 12.1 Å². The Kier molecular flexibility index (Phi) is 5.17. The number of ether oxygens (including phenoxy) is 1. The van der Waals surface area contributed by atoms with Crippen molar-refractivity contribution in [1.82, 2.24) is 19.4 Å². The molecule has 0 radical (unpaired) electrons. The molecule has 0 aromatic carbocycles. The maximum absolute atomic E-state index is 12.6. The van der Waals surface area contributed by atoms with Gasteiger partial charge in [-0.3, -0.25) is 14.4 Å². The van der Waals surface area contributed by atoms with Gasteiger partial charge in [0, 0.05) is 52.3 Å². The van der Waals surface area contributed by atoms with Crippen molar-refractivity contribution in [2.24, 2.45) is 7.05 Å². The second-order valence-corrected chi connectivity index (χ2v) is 6.20. The average molecular weight is 359 g/mol. The number of hydrogen-bond acceptors (Lipinski definition) is 6. The van der Waals surface area contributed by atoms with Crippen LogP contribution in [0, 0.1) is 0 Å². The summed E-state index contributed by atoms with van der Waals surface area (Å²) in [5.41, 5.74) is -0.496. The van der Waals surface area contributed by atoms with Crippen molar-refractivity contribution >= 4 is 11.7 Å². The number of morpholine rings is 1. The van der Waals surface area contributed by atoms with Crippen LogP contribution in [-0.4, -0.2) is 64.7 Å². The Balaban J connectivity index is 1.70. The van der Waals surface area contributed by atoms with E-state index >= 15 is 0 Å². The molecule has 0 spiro atoms. The number of hydrogen-bond donors (Lipinski definition) is 1. The molecule has 1 atom stereocenters. The molecule has 2 aromatic rings. The molecule has 1 amide bonds. The minimum atomic E-state index is -0.408.